The van der Waals surface area contributed by atoms with Crippen molar-refractivity contribution in [1.82, 2.24) is 0 Å². The van der Waals surface area contributed by atoms with E-state index in [0.29, 0.717) is 42.9 Å². The predicted molar refractivity (Wildman–Crippen MR) is 200 cm³/mol. The fourth-order valence-corrected chi connectivity index (χ4v) is 6.96. The number of fused-ring (bicyclic) bond motifs is 3. The summed E-state index contributed by atoms with van der Waals surface area (Å²) in [6.45, 7) is 12.2. The second kappa shape index (κ2) is 18.6. The topological polar surface area (TPSA) is 114 Å². The van der Waals surface area contributed by atoms with Crippen molar-refractivity contribution in [3.8, 4) is 22.6 Å². The molecule has 0 bridgehead atoms. The third-order valence-electron chi connectivity index (χ3n) is 9.00. The van der Waals surface area contributed by atoms with E-state index in [-0.39, 0.29) is 42.3 Å². The molecule has 1 fully saturated rings. The molecule has 2 aliphatic carbocycles. The van der Waals surface area contributed by atoms with Crippen LogP contribution in [0.25, 0.3) is 11.1 Å². The summed E-state index contributed by atoms with van der Waals surface area (Å²) < 4.78 is 27.5. The molecule has 9 nitrogen and oxygen atoms in total. The van der Waals surface area contributed by atoms with E-state index in [2.05, 4.69) is 44.3 Å². The summed E-state index contributed by atoms with van der Waals surface area (Å²) >= 11 is 1.18. The maximum absolute atomic E-state index is 13.2. The second-order valence-corrected chi connectivity index (χ2v) is 14.2. The summed E-state index contributed by atoms with van der Waals surface area (Å²) in [6.07, 6.45) is 5.80. The molecule has 10 heteroatoms. The van der Waals surface area contributed by atoms with Gasteiger partial charge in [-0.1, -0.05) is 38.6 Å². The number of benzene rings is 3. The molecule has 0 spiro atoms. The standard InChI is InChI=1S/C42H46O9S/c1-27(2)40(44)49-22-9-21-48-33-16-18-35-36-19-17-34(26-38(36)29(4)37(35)25-33)52-42(46)30-12-14-31(15-13-30)47-20-8-23-50-41(45)28(3)24-39(43)51-32-10-6-5-7-11-32/h12-19,25-26,29,32H,1,3,5-11,20-24H2,2,4H3. The Hall–Kier alpha value is -4.83. The van der Waals surface area contributed by atoms with Crippen molar-refractivity contribution < 1.29 is 42.9 Å². The van der Waals surface area contributed by atoms with Gasteiger partial charge in [-0.2, -0.15) is 0 Å². The van der Waals surface area contributed by atoms with Gasteiger partial charge in [0.1, 0.15) is 17.6 Å². The van der Waals surface area contributed by atoms with Gasteiger partial charge < -0.3 is 23.7 Å². The van der Waals surface area contributed by atoms with Gasteiger partial charge in [-0.15, -0.1) is 0 Å². The molecule has 0 heterocycles. The minimum atomic E-state index is -0.615. The van der Waals surface area contributed by atoms with Crippen LogP contribution in [0.1, 0.15) is 92.6 Å². The van der Waals surface area contributed by atoms with Crippen LogP contribution in [0, 0.1) is 0 Å². The van der Waals surface area contributed by atoms with Crippen LogP contribution >= 0.6 is 11.8 Å². The monoisotopic (exact) mass is 726 g/mol. The third-order valence-corrected chi connectivity index (χ3v) is 9.91. The number of carbonyl (C=O) groups is 4. The van der Waals surface area contributed by atoms with Crippen LogP contribution < -0.4 is 9.47 Å². The van der Waals surface area contributed by atoms with Crippen LogP contribution in [0.5, 0.6) is 11.5 Å². The highest BCUT2D eigenvalue weighted by molar-refractivity contribution is 8.14. The lowest BCUT2D eigenvalue weighted by atomic mass is 9.98. The Morgan fingerprint density at radius 2 is 1.33 bits per heavy atom. The summed E-state index contributed by atoms with van der Waals surface area (Å²) in [5, 5.41) is -0.0750. The normalized spacial score (nSPS) is 14.8. The summed E-state index contributed by atoms with van der Waals surface area (Å²) in [5.41, 5.74) is 5.63. The first-order valence-electron chi connectivity index (χ1n) is 17.8. The van der Waals surface area contributed by atoms with Crippen molar-refractivity contribution in [2.45, 2.75) is 82.1 Å². The Bertz CT molecular complexity index is 1790. The van der Waals surface area contributed by atoms with Crippen LogP contribution in [0.3, 0.4) is 0 Å². The lowest BCUT2D eigenvalue weighted by Gasteiger charge is -2.21. The van der Waals surface area contributed by atoms with E-state index in [1.807, 2.05) is 12.1 Å². The molecule has 52 heavy (non-hydrogen) atoms. The average molecular weight is 727 g/mol. The van der Waals surface area contributed by atoms with E-state index < -0.39 is 17.9 Å². The summed E-state index contributed by atoms with van der Waals surface area (Å²) in [4.78, 5) is 49.9. The molecule has 5 rings (SSSR count). The van der Waals surface area contributed by atoms with Crippen LogP contribution in [0.2, 0.25) is 0 Å². The molecule has 274 valence electrons. The Morgan fingerprint density at radius 1 is 0.731 bits per heavy atom. The highest BCUT2D eigenvalue weighted by Gasteiger charge is 2.27. The quantitative estimate of drug-likeness (QED) is 0.0440. The van der Waals surface area contributed by atoms with Crippen LogP contribution in [-0.4, -0.2) is 55.6 Å². The lowest BCUT2D eigenvalue weighted by Crippen LogP contribution is -2.22. The number of thioether (sulfide) groups is 1. The maximum Gasteiger partial charge on any atom is 0.333 e. The van der Waals surface area contributed by atoms with E-state index in [4.69, 9.17) is 23.7 Å². The molecule has 0 aliphatic heterocycles. The summed E-state index contributed by atoms with van der Waals surface area (Å²) in [5.74, 6) is 0.0396. The molecule has 2 aliphatic rings. The minimum absolute atomic E-state index is 0.0655. The van der Waals surface area contributed by atoms with E-state index in [1.54, 1.807) is 31.2 Å². The van der Waals surface area contributed by atoms with Gasteiger partial charge >= 0.3 is 17.9 Å². The van der Waals surface area contributed by atoms with Crippen LogP contribution in [0.4, 0.5) is 0 Å². The van der Waals surface area contributed by atoms with E-state index >= 15 is 0 Å². The number of ether oxygens (including phenoxy) is 5. The molecular formula is C42H46O9S. The molecule has 3 aromatic rings. The van der Waals surface area contributed by atoms with Gasteiger partial charge in [0, 0.05) is 40.4 Å². The first kappa shape index (κ1) is 38.4. The zero-order valence-electron chi connectivity index (χ0n) is 29.9. The Labute approximate surface area is 309 Å². The summed E-state index contributed by atoms with van der Waals surface area (Å²) in [7, 11) is 0. The van der Waals surface area contributed by atoms with Crippen molar-refractivity contribution in [2.75, 3.05) is 26.4 Å². The molecule has 0 aromatic heterocycles. The highest BCUT2D eigenvalue weighted by Crippen LogP contribution is 2.47. The lowest BCUT2D eigenvalue weighted by molar-refractivity contribution is -0.151. The first-order chi connectivity index (χ1) is 25.1. The number of hydrogen-bond donors (Lipinski definition) is 0. The summed E-state index contributed by atoms with van der Waals surface area (Å²) in [6, 6.07) is 19.2. The third kappa shape index (κ3) is 10.6. The molecule has 0 radical (unpaired) electrons. The molecule has 0 saturated heterocycles. The van der Waals surface area contributed by atoms with Gasteiger partial charge in [-0.25, -0.2) is 9.59 Å². The van der Waals surface area contributed by atoms with Crippen molar-refractivity contribution in [3.05, 3.63) is 102 Å². The number of hydrogen-bond acceptors (Lipinski definition) is 10. The fraction of sp³-hybridized carbons (Fsp3) is 0.381. The van der Waals surface area contributed by atoms with Gasteiger partial charge in [0.15, 0.2) is 0 Å². The van der Waals surface area contributed by atoms with Gasteiger partial charge in [-0.3, -0.25) is 9.59 Å². The Balaban J connectivity index is 1.02. The van der Waals surface area contributed by atoms with Gasteiger partial charge in [-0.05, 0) is 115 Å². The second-order valence-electron chi connectivity index (χ2n) is 13.1. The van der Waals surface area contributed by atoms with Gasteiger partial charge in [0.2, 0.25) is 5.12 Å². The predicted octanol–water partition coefficient (Wildman–Crippen LogP) is 8.77. The number of rotatable bonds is 17. The SMILES string of the molecule is C=C(C)C(=O)OCCCOc1ccc2c(c1)C(C)c1cc(SC(=O)c3ccc(OCCCOC(=O)C(=C)CC(=O)OC4CCCCC4)cc3)ccc1-2. The Kier molecular flexibility index (Phi) is 13.7. The zero-order chi connectivity index (χ0) is 37.0. The maximum atomic E-state index is 13.2. The van der Waals surface area contributed by atoms with E-state index in [0.717, 1.165) is 59.4 Å². The van der Waals surface area contributed by atoms with E-state index in [9.17, 15) is 19.2 Å². The highest BCUT2D eigenvalue weighted by atomic mass is 32.2. The van der Waals surface area contributed by atoms with Crippen molar-refractivity contribution in [1.29, 1.82) is 0 Å². The molecule has 0 amide bonds. The van der Waals surface area contributed by atoms with Crippen LogP contribution in [0.15, 0.2) is 89.9 Å². The van der Waals surface area contributed by atoms with Crippen molar-refractivity contribution in [2.24, 2.45) is 0 Å². The van der Waals surface area contributed by atoms with Crippen molar-refractivity contribution in [3.63, 3.8) is 0 Å². The average Bonchev–Trinajstić information content (AvgIpc) is 3.41. The Morgan fingerprint density at radius 3 is 2.00 bits per heavy atom. The molecule has 1 atom stereocenters. The molecule has 3 aromatic carbocycles. The number of carbonyl (C=O) groups excluding carboxylic acids is 4. The van der Waals surface area contributed by atoms with Crippen LogP contribution in [-0.2, 0) is 28.6 Å². The zero-order valence-corrected chi connectivity index (χ0v) is 30.7. The number of esters is 3. The molecule has 1 saturated carbocycles. The minimum Gasteiger partial charge on any atom is -0.493 e. The molecule has 1 unspecified atom stereocenters. The van der Waals surface area contributed by atoms with Gasteiger partial charge in [0.05, 0.1) is 32.8 Å². The fourth-order valence-electron chi connectivity index (χ4n) is 6.17. The first-order valence-corrected chi connectivity index (χ1v) is 18.6. The smallest absolute Gasteiger partial charge is 0.333 e. The largest absolute Gasteiger partial charge is 0.493 e. The van der Waals surface area contributed by atoms with E-state index in [1.165, 1.54) is 17.3 Å². The molecular weight excluding hydrogens is 681 g/mol. The van der Waals surface area contributed by atoms with Gasteiger partial charge in [0.25, 0.3) is 0 Å². The molecule has 0 N–H and O–H groups in total. The van der Waals surface area contributed by atoms with Crippen molar-refractivity contribution >= 4 is 34.8 Å².